The lowest BCUT2D eigenvalue weighted by molar-refractivity contribution is -0.129. The number of amides is 2. The van der Waals surface area contributed by atoms with E-state index in [1.165, 1.54) is 12.8 Å². The zero-order valence-electron chi connectivity index (χ0n) is 15.9. The van der Waals surface area contributed by atoms with Crippen LogP contribution in [0.4, 0.5) is 0 Å². The fourth-order valence-electron chi connectivity index (χ4n) is 5.20. The van der Waals surface area contributed by atoms with E-state index >= 15 is 0 Å². The number of carbonyl (C=O) groups is 2. The highest BCUT2D eigenvalue weighted by Gasteiger charge is 2.61. The molecule has 0 spiro atoms. The van der Waals surface area contributed by atoms with Crippen LogP contribution >= 0.6 is 0 Å². The molecular formula is C19H33N3O2. The molecule has 5 heteroatoms. The second-order valence-electron chi connectivity index (χ2n) is 9.22. The van der Waals surface area contributed by atoms with E-state index in [0.717, 1.165) is 18.9 Å². The highest BCUT2D eigenvalue weighted by molar-refractivity contribution is 5.89. The molecule has 3 aliphatic rings. The van der Waals surface area contributed by atoms with Crippen molar-refractivity contribution in [1.82, 2.24) is 15.1 Å². The van der Waals surface area contributed by atoms with Crippen molar-refractivity contribution in [3.05, 3.63) is 0 Å². The lowest BCUT2D eigenvalue weighted by atomic mass is 9.69. The molecule has 2 amide bonds. The fourth-order valence-corrected chi connectivity index (χ4v) is 5.20. The largest absolute Gasteiger partial charge is 0.352 e. The number of hydrogen-bond donors (Lipinski definition) is 1. The average molecular weight is 335 g/mol. The van der Waals surface area contributed by atoms with Gasteiger partial charge in [-0.3, -0.25) is 9.59 Å². The third-order valence-electron chi connectivity index (χ3n) is 7.51. The summed E-state index contributed by atoms with van der Waals surface area (Å²) < 4.78 is 0. The third-order valence-corrected chi connectivity index (χ3v) is 7.51. The Morgan fingerprint density at radius 1 is 1.33 bits per heavy atom. The van der Waals surface area contributed by atoms with Crippen molar-refractivity contribution < 1.29 is 9.59 Å². The van der Waals surface area contributed by atoms with Crippen molar-refractivity contribution in [3.8, 4) is 0 Å². The Morgan fingerprint density at radius 2 is 2.04 bits per heavy atom. The highest BCUT2D eigenvalue weighted by atomic mass is 16.2. The molecule has 3 rings (SSSR count). The molecule has 5 nitrogen and oxygen atoms in total. The number of likely N-dealkylation sites (tertiary alicyclic amines) is 1. The standard InChI is InChI=1S/C19H33N3O2/c1-18(2)14-6-7-19(18,3)15(11-14)20-17(24)13-10-16(23)22(12-13)9-8-21(4)5/h13-15H,6-12H2,1-5H3,(H,20,24)/t13-,14+,15-,19+/m0/s1. The smallest absolute Gasteiger partial charge is 0.225 e. The molecule has 1 heterocycles. The van der Waals surface area contributed by atoms with Crippen LogP contribution in [0.3, 0.4) is 0 Å². The van der Waals surface area contributed by atoms with Gasteiger partial charge in [-0.15, -0.1) is 0 Å². The summed E-state index contributed by atoms with van der Waals surface area (Å²) >= 11 is 0. The number of nitrogens with zero attached hydrogens (tertiary/aromatic N) is 2. The van der Waals surface area contributed by atoms with Gasteiger partial charge in [-0.1, -0.05) is 20.8 Å². The van der Waals surface area contributed by atoms with E-state index in [1.807, 2.05) is 19.0 Å². The number of hydrogen-bond acceptors (Lipinski definition) is 3. The maximum atomic E-state index is 12.8. The van der Waals surface area contributed by atoms with E-state index in [4.69, 9.17) is 0 Å². The quantitative estimate of drug-likeness (QED) is 0.832. The number of nitrogens with one attached hydrogen (secondary N) is 1. The molecule has 1 saturated heterocycles. The molecule has 3 fully saturated rings. The zero-order valence-corrected chi connectivity index (χ0v) is 15.9. The number of carbonyl (C=O) groups excluding carboxylic acids is 2. The summed E-state index contributed by atoms with van der Waals surface area (Å²) in [5, 5.41) is 3.33. The maximum Gasteiger partial charge on any atom is 0.225 e. The van der Waals surface area contributed by atoms with Gasteiger partial charge in [0.25, 0.3) is 0 Å². The van der Waals surface area contributed by atoms with Crippen molar-refractivity contribution in [2.24, 2.45) is 22.7 Å². The van der Waals surface area contributed by atoms with Crippen molar-refractivity contribution >= 4 is 11.8 Å². The molecule has 1 N–H and O–H groups in total. The van der Waals surface area contributed by atoms with Crippen LogP contribution in [0.25, 0.3) is 0 Å². The van der Waals surface area contributed by atoms with Gasteiger partial charge >= 0.3 is 0 Å². The van der Waals surface area contributed by atoms with Gasteiger partial charge < -0.3 is 15.1 Å². The third kappa shape index (κ3) is 2.75. The van der Waals surface area contributed by atoms with Crippen LogP contribution in [-0.4, -0.2) is 61.4 Å². The topological polar surface area (TPSA) is 52.6 Å². The molecule has 2 bridgehead atoms. The number of fused-ring (bicyclic) bond motifs is 2. The average Bonchev–Trinajstić information content (AvgIpc) is 3.03. The first-order valence-electron chi connectivity index (χ1n) is 9.38. The van der Waals surface area contributed by atoms with Crippen LogP contribution in [0.15, 0.2) is 0 Å². The summed E-state index contributed by atoms with van der Waals surface area (Å²) in [5.74, 6) is 0.752. The first kappa shape index (κ1) is 17.7. The first-order chi connectivity index (χ1) is 11.1. The molecule has 0 aromatic rings. The van der Waals surface area contributed by atoms with Crippen molar-refractivity contribution in [2.75, 3.05) is 33.7 Å². The summed E-state index contributed by atoms with van der Waals surface area (Å²) in [6.07, 6.45) is 3.96. The molecule has 0 aromatic carbocycles. The van der Waals surface area contributed by atoms with E-state index in [2.05, 4.69) is 31.0 Å². The van der Waals surface area contributed by atoms with Crippen molar-refractivity contribution in [3.63, 3.8) is 0 Å². The van der Waals surface area contributed by atoms with Gasteiger partial charge in [0.2, 0.25) is 11.8 Å². The predicted octanol–water partition coefficient (Wildman–Crippen LogP) is 1.73. The number of likely N-dealkylation sites (N-methyl/N-ethyl adjacent to an activating group) is 1. The van der Waals surface area contributed by atoms with E-state index in [-0.39, 0.29) is 29.2 Å². The molecule has 136 valence electrons. The minimum absolute atomic E-state index is 0.0882. The van der Waals surface area contributed by atoms with Gasteiger partial charge in [0.05, 0.1) is 5.92 Å². The minimum atomic E-state index is -0.175. The monoisotopic (exact) mass is 335 g/mol. The van der Waals surface area contributed by atoms with Gasteiger partial charge in [0.1, 0.15) is 0 Å². The molecule has 2 saturated carbocycles. The van der Waals surface area contributed by atoms with Crippen LogP contribution in [-0.2, 0) is 9.59 Å². The number of rotatable bonds is 5. The van der Waals surface area contributed by atoms with Crippen LogP contribution < -0.4 is 5.32 Å². The summed E-state index contributed by atoms with van der Waals surface area (Å²) in [6.45, 7) is 9.20. The lowest BCUT2D eigenvalue weighted by Gasteiger charge is -2.39. The zero-order chi connectivity index (χ0) is 17.7. The molecule has 4 atom stereocenters. The van der Waals surface area contributed by atoms with Gasteiger partial charge in [0.15, 0.2) is 0 Å². The summed E-state index contributed by atoms with van der Waals surface area (Å²) in [6, 6.07) is 0.268. The summed E-state index contributed by atoms with van der Waals surface area (Å²) in [5.41, 5.74) is 0.495. The van der Waals surface area contributed by atoms with Gasteiger partial charge in [-0.2, -0.15) is 0 Å². The lowest BCUT2D eigenvalue weighted by Crippen LogP contribution is -2.49. The first-order valence-corrected chi connectivity index (χ1v) is 9.38. The highest BCUT2D eigenvalue weighted by Crippen LogP contribution is 2.65. The van der Waals surface area contributed by atoms with E-state index in [9.17, 15) is 9.59 Å². The Labute approximate surface area is 146 Å². The van der Waals surface area contributed by atoms with E-state index in [1.54, 1.807) is 0 Å². The van der Waals surface area contributed by atoms with E-state index < -0.39 is 0 Å². The Bertz CT molecular complexity index is 531. The minimum Gasteiger partial charge on any atom is -0.352 e. The Morgan fingerprint density at radius 3 is 2.58 bits per heavy atom. The molecule has 2 aliphatic carbocycles. The predicted molar refractivity (Wildman–Crippen MR) is 94.4 cm³/mol. The second-order valence-corrected chi connectivity index (χ2v) is 9.22. The maximum absolute atomic E-state index is 12.8. The van der Waals surface area contributed by atoms with Crippen molar-refractivity contribution in [2.45, 2.75) is 52.5 Å². The SMILES string of the molecule is CN(C)CCN1C[C@@H](C(=O)N[C@H]2C[C@H]3CC[C@@]2(C)C3(C)C)CC1=O. The molecular weight excluding hydrogens is 302 g/mol. The Kier molecular flexibility index (Phi) is 4.44. The fraction of sp³-hybridized carbons (Fsp3) is 0.895. The van der Waals surface area contributed by atoms with Crippen LogP contribution in [0.5, 0.6) is 0 Å². The molecule has 0 aromatic heterocycles. The van der Waals surface area contributed by atoms with E-state index in [0.29, 0.717) is 24.9 Å². The van der Waals surface area contributed by atoms with Gasteiger partial charge in [-0.05, 0) is 50.1 Å². The van der Waals surface area contributed by atoms with Crippen LogP contribution in [0.1, 0.15) is 46.5 Å². The molecule has 0 unspecified atom stereocenters. The normalized spacial score (nSPS) is 37.5. The molecule has 24 heavy (non-hydrogen) atoms. The van der Waals surface area contributed by atoms with Gasteiger partial charge in [-0.25, -0.2) is 0 Å². The van der Waals surface area contributed by atoms with Gasteiger partial charge in [0, 0.05) is 32.1 Å². The van der Waals surface area contributed by atoms with Crippen molar-refractivity contribution in [1.29, 1.82) is 0 Å². The second kappa shape index (κ2) is 6.01. The molecule has 1 aliphatic heterocycles. The van der Waals surface area contributed by atoms with Crippen LogP contribution in [0.2, 0.25) is 0 Å². The summed E-state index contributed by atoms with van der Waals surface area (Å²) in [7, 11) is 4.00. The molecule has 0 radical (unpaired) electrons. The summed E-state index contributed by atoms with van der Waals surface area (Å²) in [4.78, 5) is 28.8. The Balaban J connectivity index is 1.58. The Hall–Kier alpha value is -1.10. The van der Waals surface area contributed by atoms with Crippen LogP contribution in [0, 0.1) is 22.7 Å².